The molecule has 0 unspecified atom stereocenters. The number of ketones is 1. The lowest BCUT2D eigenvalue weighted by Gasteiger charge is -1.96. The molecule has 0 saturated heterocycles. The summed E-state index contributed by atoms with van der Waals surface area (Å²) in [5.74, 6) is -4.64. The average Bonchev–Trinajstić information content (AvgIpc) is 2.24. The molecule has 0 aromatic carbocycles. The molecule has 0 heterocycles. The van der Waals surface area contributed by atoms with E-state index in [0.29, 0.717) is 0 Å². The monoisotopic (exact) mass is 267 g/mol. The van der Waals surface area contributed by atoms with Crippen LogP contribution >= 0.6 is 12.6 Å². The lowest BCUT2D eigenvalue weighted by molar-refractivity contribution is -0.149. The summed E-state index contributed by atoms with van der Waals surface area (Å²) >= 11 is 3.65. The SMILES string of the molecule is N[C@@H](CS)C(=O)O.O=C(O)CCC(=O)C(=O)O. The molecule has 1 atom stereocenters. The first-order valence-electron chi connectivity index (χ1n) is 4.29. The number of carboxylic acid groups (broad SMARTS) is 3. The molecular weight excluding hydrogens is 254 g/mol. The number of thiol groups is 1. The quantitative estimate of drug-likeness (QED) is 0.298. The van der Waals surface area contributed by atoms with Crippen molar-refractivity contribution in [1.29, 1.82) is 0 Å². The Labute approximate surface area is 102 Å². The van der Waals surface area contributed by atoms with Gasteiger partial charge in [-0.3, -0.25) is 14.4 Å². The zero-order chi connectivity index (χ0) is 14.0. The van der Waals surface area contributed by atoms with Gasteiger partial charge in [-0.1, -0.05) is 0 Å². The van der Waals surface area contributed by atoms with Gasteiger partial charge in [0, 0.05) is 12.2 Å². The summed E-state index contributed by atoms with van der Waals surface area (Å²) in [4.78, 5) is 39.5. The highest BCUT2D eigenvalue weighted by molar-refractivity contribution is 7.80. The van der Waals surface area contributed by atoms with Gasteiger partial charge in [0.1, 0.15) is 6.04 Å². The van der Waals surface area contributed by atoms with Gasteiger partial charge in [0.05, 0.1) is 6.42 Å². The van der Waals surface area contributed by atoms with Crippen molar-refractivity contribution in [3.63, 3.8) is 0 Å². The Morgan fingerprint density at radius 3 is 1.71 bits per heavy atom. The van der Waals surface area contributed by atoms with Crippen LogP contribution in [0.1, 0.15) is 12.8 Å². The lowest BCUT2D eigenvalue weighted by Crippen LogP contribution is -2.31. The second kappa shape index (κ2) is 9.60. The van der Waals surface area contributed by atoms with E-state index in [9.17, 15) is 19.2 Å². The van der Waals surface area contributed by atoms with Crippen molar-refractivity contribution in [2.75, 3.05) is 5.75 Å². The van der Waals surface area contributed by atoms with E-state index in [2.05, 4.69) is 12.6 Å². The number of carbonyl (C=O) groups excluding carboxylic acids is 1. The molecule has 0 aromatic rings. The predicted molar refractivity (Wildman–Crippen MR) is 59.0 cm³/mol. The van der Waals surface area contributed by atoms with Crippen molar-refractivity contribution < 1.29 is 34.5 Å². The molecule has 5 N–H and O–H groups in total. The second-order valence-corrected chi connectivity index (χ2v) is 3.11. The molecule has 0 spiro atoms. The van der Waals surface area contributed by atoms with Gasteiger partial charge in [-0.15, -0.1) is 0 Å². The van der Waals surface area contributed by atoms with Crippen LogP contribution in [0.5, 0.6) is 0 Å². The Morgan fingerprint density at radius 2 is 1.53 bits per heavy atom. The first-order chi connectivity index (χ1) is 7.72. The number of carbonyl (C=O) groups is 4. The van der Waals surface area contributed by atoms with Gasteiger partial charge in [0.25, 0.3) is 0 Å². The number of Topliss-reactive ketones (excluding diaryl/α,β-unsaturated/α-hetero) is 1. The Morgan fingerprint density at radius 1 is 1.06 bits per heavy atom. The minimum atomic E-state index is -1.58. The summed E-state index contributed by atoms with van der Waals surface area (Å²) in [5, 5.41) is 24.0. The van der Waals surface area contributed by atoms with Gasteiger partial charge in [-0.2, -0.15) is 12.6 Å². The van der Waals surface area contributed by atoms with Gasteiger partial charge in [-0.05, 0) is 0 Å². The van der Waals surface area contributed by atoms with Crippen LogP contribution in [-0.4, -0.2) is 50.8 Å². The van der Waals surface area contributed by atoms with E-state index in [0.717, 1.165) is 0 Å². The zero-order valence-corrected chi connectivity index (χ0v) is 9.59. The summed E-state index contributed by atoms with van der Waals surface area (Å²) in [6, 6.07) is -0.816. The van der Waals surface area contributed by atoms with Crippen LogP contribution in [-0.2, 0) is 19.2 Å². The molecule has 0 radical (unpaired) electrons. The maximum Gasteiger partial charge on any atom is 0.372 e. The molecule has 0 rings (SSSR count). The van der Waals surface area contributed by atoms with Crippen LogP contribution in [0.3, 0.4) is 0 Å². The molecule has 0 amide bonds. The van der Waals surface area contributed by atoms with Crippen LogP contribution in [0.2, 0.25) is 0 Å². The normalized spacial score (nSPS) is 10.7. The van der Waals surface area contributed by atoms with Crippen LogP contribution in [0.4, 0.5) is 0 Å². The number of aliphatic carboxylic acids is 3. The molecular formula is C8H13NO7S. The summed E-state index contributed by atoms with van der Waals surface area (Å²) in [5.41, 5.74) is 4.94. The average molecular weight is 267 g/mol. The molecule has 0 aliphatic carbocycles. The van der Waals surface area contributed by atoms with E-state index in [1.165, 1.54) is 0 Å². The molecule has 0 saturated carbocycles. The second-order valence-electron chi connectivity index (χ2n) is 2.75. The predicted octanol–water partition coefficient (Wildman–Crippen LogP) is -1.17. The third kappa shape index (κ3) is 12.3. The summed E-state index contributed by atoms with van der Waals surface area (Å²) in [6.45, 7) is 0. The van der Waals surface area contributed by atoms with Crippen molar-refractivity contribution >= 4 is 36.3 Å². The number of carboxylic acids is 3. The zero-order valence-electron chi connectivity index (χ0n) is 8.70. The molecule has 98 valence electrons. The maximum absolute atomic E-state index is 10.2. The van der Waals surface area contributed by atoms with Gasteiger partial charge in [0.15, 0.2) is 0 Å². The van der Waals surface area contributed by atoms with Crippen LogP contribution < -0.4 is 5.73 Å². The number of hydrogen-bond acceptors (Lipinski definition) is 6. The highest BCUT2D eigenvalue weighted by Crippen LogP contribution is 1.90. The Hall–Kier alpha value is -1.61. The topological polar surface area (TPSA) is 155 Å². The van der Waals surface area contributed by atoms with E-state index < -0.39 is 42.6 Å². The molecule has 17 heavy (non-hydrogen) atoms. The Balaban J connectivity index is 0. The van der Waals surface area contributed by atoms with E-state index in [4.69, 9.17) is 21.1 Å². The summed E-state index contributed by atoms with van der Waals surface area (Å²) < 4.78 is 0. The molecule has 0 aromatic heterocycles. The standard InChI is InChI=1S/C5H6O5.C3H7NO2S/c6-3(5(9)10)1-2-4(7)8;4-2(1-7)3(5)6/h1-2H2,(H,7,8)(H,9,10);2,7H,1,4H2,(H,5,6)/t;2-/m.0/s1. The lowest BCUT2D eigenvalue weighted by atomic mass is 10.2. The first-order valence-corrected chi connectivity index (χ1v) is 4.92. The molecule has 0 fully saturated rings. The number of rotatable bonds is 6. The van der Waals surface area contributed by atoms with Crippen molar-refractivity contribution in [2.45, 2.75) is 18.9 Å². The fraction of sp³-hybridized carbons (Fsp3) is 0.500. The largest absolute Gasteiger partial charge is 0.481 e. The minimum absolute atomic E-state index is 0.190. The van der Waals surface area contributed by atoms with Gasteiger partial charge in [0.2, 0.25) is 5.78 Å². The molecule has 0 aliphatic heterocycles. The van der Waals surface area contributed by atoms with Crippen LogP contribution in [0.15, 0.2) is 0 Å². The first kappa shape index (κ1) is 17.8. The van der Waals surface area contributed by atoms with Crippen molar-refractivity contribution in [3.05, 3.63) is 0 Å². The molecule has 0 bridgehead atoms. The van der Waals surface area contributed by atoms with Gasteiger partial charge >= 0.3 is 17.9 Å². The Bertz CT molecular complexity index is 304. The van der Waals surface area contributed by atoms with Crippen LogP contribution in [0, 0.1) is 0 Å². The van der Waals surface area contributed by atoms with Gasteiger partial charge < -0.3 is 21.1 Å². The molecule has 8 nitrogen and oxygen atoms in total. The maximum atomic E-state index is 10.2. The number of nitrogens with two attached hydrogens (primary N) is 1. The van der Waals surface area contributed by atoms with E-state index >= 15 is 0 Å². The van der Waals surface area contributed by atoms with Crippen molar-refractivity contribution in [2.24, 2.45) is 5.73 Å². The highest BCUT2D eigenvalue weighted by atomic mass is 32.1. The fourth-order valence-electron chi connectivity index (χ4n) is 0.405. The summed E-state index contributed by atoms with van der Waals surface area (Å²) in [6.07, 6.45) is -0.865. The van der Waals surface area contributed by atoms with E-state index in [1.807, 2.05) is 0 Å². The summed E-state index contributed by atoms with van der Waals surface area (Å²) in [7, 11) is 0. The van der Waals surface area contributed by atoms with Crippen molar-refractivity contribution in [3.8, 4) is 0 Å². The Kier molecular flexibility index (Phi) is 10.0. The van der Waals surface area contributed by atoms with E-state index in [-0.39, 0.29) is 5.75 Å². The number of hydrogen-bond donors (Lipinski definition) is 5. The third-order valence-electron chi connectivity index (χ3n) is 1.32. The van der Waals surface area contributed by atoms with E-state index in [1.54, 1.807) is 0 Å². The minimum Gasteiger partial charge on any atom is -0.481 e. The third-order valence-corrected chi connectivity index (χ3v) is 1.71. The van der Waals surface area contributed by atoms with Gasteiger partial charge in [-0.25, -0.2) is 4.79 Å². The molecule has 0 aliphatic rings. The van der Waals surface area contributed by atoms with Crippen LogP contribution in [0.25, 0.3) is 0 Å². The fourth-order valence-corrected chi connectivity index (χ4v) is 0.562. The molecule has 9 heteroatoms. The smallest absolute Gasteiger partial charge is 0.372 e. The highest BCUT2D eigenvalue weighted by Gasteiger charge is 2.12. The van der Waals surface area contributed by atoms with Crippen molar-refractivity contribution in [1.82, 2.24) is 0 Å².